The molecule has 0 aliphatic rings. The molecule has 0 bridgehead atoms. The van der Waals surface area contributed by atoms with Gasteiger partial charge in [-0.05, 0) is 45.4 Å². The first-order chi connectivity index (χ1) is 8.71. The lowest BCUT2D eigenvalue weighted by atomic mass is 9.86. The van der Waals surface area contributed by atoms with Gasteiger partial charge < -0.3 is 15.4 Å². The summed E-state index contributed by atoms with van der Waals surface area (Å²) >= 11 is 5.97. The summed E-state index contributed by atoms with van der Waals surface area (Å²) in [5, 5.41) is 15.4. The molecule has 104 valence electrons. The average Bonchev–Trinajstić information content (AvgIpc) is 2.67. The van der Waals surface area contributed by atoms with Gasteiger partial charge in [-0.15, -0.1) is 0 Å². The standard InChI is InChI=1S/C15H21ClN2O/c1-14(2,15(3,4)19)18-9-10-8-17-13-7-11(16)5-6-12(10)13/h5-8,17-19H,9H2,1-4H3. The summed E-state index contributed by atoms with van der Waals surface area (Å²) in [5.74, 6) is 0. The maximum absolute atomic E-state index is 10.1. The topological polar surface area (TPSA) is 48.0 Å². The maximum Gasteiger partial charge on any atom is 0.0767 e. The third-order valence-corrected chi connectivity index (χ3v) is 4.21. The van der Waals surface area contributed by atoms with Crippen LogP contribution < -0.4 is 5.32 Å². The fourth-order valence-corrected chi connectivity index (χ4v) is 2.01. The number of halogens is 1. The first kappa shape index (κ1) is 14.4. The fourth-order valence-electron chi connectivity index (χ4n) is 1.84. The molecule has 1 heterocycles. The lowest BCUT2D eigenvalue weighted by Crippen LogP contribution is -2.55. The highest BCUT2D eigenvalue weighted by Crippen LogP contribution is 2.24. The van der Waals surface area contributed by atoms with Gasteiger partial charge in [0.05, 0.1) is 5.60 Å². The van der Waals surface area contributed by atoms with Gasteiger partial charge in [0, 0.05) is 34.2 Å². The summed E-state index contributed by atoms with van der Waals surface area (Å²) in [4.78, 5) is 3.22. The second kappa shape index (κ2) is 4.82. The van der Waals surface area contributed by atoms with Crippen molar-refractivity contribution in [2.24, 2.45) is 0 Å². The van der Waals surface area contributed by atoms with E-state index in [2.05, 4.69) is 10.3 Å². The molecule has 3 N–H and O–H groups in total. The van der Waals surface area contributed by atoms with E-state index in [4.69, 9.17) is 11.6 Å². The van der Waals surface area contributed by atoms with Gasteiger partial charge in [0.25, 0.3) is 0 Å². The van der Waals surface area contributed by atoms with E-state index in [1.807, 2.05) is 52.1 Å². The van der Waals surface area contributed by atoms with E-state index in [1.54, 1.807) is 0 Å². The molecule has 19 heavy (non-hydrogen) atoms. The van der Waals surface area contributed by atoms with E-state index >= 15 is 0 Å². The summed E-state index contributed by atoms with van der Waals surface area (Å²) in [7, 11) is 0. The predicted molar refractivity (Wildman–Crippen MR) is 80.5 cm³/mol. The van der Waals surface area contributed by atoms with E-state index in [1.165, 1.54) is 5.56 Å². The van der Waals surface area contributed by atoms with Crippen LogP contribution in [0.3, 0.4) is 0 Å². The average molecular weight is 281 g/mol. The summed E-state index contributed by atoms with van der Waals surface area (Å²) in [6, 6.07) is 5.83. The molecule has 0 radical (unpaired) electrons. The number of aliphatic hydroxyl groups is 1. The van der Waals surface area contributed by atoms with Crippen LogP contribution in [-0.2, 0) is 6.54 Å². The Morgan fingerprint density at radius 1 is 1.26 bits per heavy atom. The number of rotatable bonds is 4. The van der Waals surface area contributed by atoms with E-state index in [0.29, 0.717) is 6.54 Å². The van der Waals surface area contributed by atoms with Gasteiger partial charge >= 0.3 is 0 Å². The third kappa shape index (κ3) is 2.94. The minimum absolute atomic E-state index is 0.372. The quantitative estimate of drug-likeness (QED) is 0.803. The molecule has 0 atom stereocenters. The Labute approximate surface area is 119 Å². The number of benzene rings is 1. The first-order valence-corrected chi connectivity index (χ1v) is 6.81. The Bertz CT molecular complexity index is 581. The molecule has 0 unspecified atom stereocenters. The summed E-state index contributed by atoms with van der Waals surface area (Å²) < 4.78 is 0. The SMILES string of the molecule is CC(C)(O)C(C)(C)NCc1c[nH]c2cc(Cl)ccc12. The lowest BCUT2D eigenvalue weighted by molar-refractivity contribution is -0.00527. The van der Waals surface area contributed by atoms with Gasteiger partial charge in [-0.25, -0.2) is 0 Å². The molecule has 0 amide bonds. The monoisotopic (exact) mass is 280 g/mol. The number of nitrogens with one attached hydrogen (secondary N) is 2. The van der Waals surface area contributed by atoms with Crippen LogP contribution in [0.2, 0.25) is 5.02 Å². The number of aromatic nitrogens is 1. The van der Waals surface area contributed by atoms with Gasteiger partial charge in [0.15, 0.2) is 0 Å². The van der Waals surface area contributed by atoms with Crippen LogP contribution in [0, 0.1) is 0 Å². The van der Waals surface area contributed by atoms with Crippen LogP contribution in [-0.4, -0.2) is 21.2 Å². The largest absolute Gasteiger partial charge is 0.389 e. The minimum atomic E-state index is -0.789. The molecule has 0 aliphatic carbocycles. The van der Waals surface area contributed by atoms with Crippen molar-refractivity contribution in [3.8, 4) is 0 Å². The first-order valence-electron chi connectivity index (χ1n) is 6.44. The van der Waals surface area contributed by atoms with Crippen LogP contribution in [0.15, 0.2) is 24.4 Å². The highest BCUT2D eigenvalue weighted by Gasteiger charge is 2.34. The number of hydrogen-bond donors (Lipinski definition) is 3. The maximum atomic E-state index is 10.1. The summed E-state index contributed by atoms with van der Waals surface area (Å²) in [5.41, 5.74) is 1.04. The molecule has 0 saturated carbocycles. The Hall–Kier alpha value is -1.03. The fraction of sp³-hybridized carbons (Fsp3) is 0.467. The normalized spacial score (nSPS) is 13.2. The molecule has 2 aromatic rings. The van der Waals surface area contributed by atoms with Crippen molar-refractivity contribution in [1.29, 1.82) is 0 Å². The predicted octanol–water partition coefficient (Wildman–Crippen LogP) is 3.46. The van der Waals surface area contributed by atoms with Crippen LogP contribution in [0.1, 0.15) is 33.3 Å². The molecule has 0 spiro atoms. The van der Waals surface area contributed by atoms with E-state index in [9.17, 15) is 5.11 Å². The molecular weight excluding hydrogens is 260 g/mol. The van der Waals surface area contributed by atoms with Gasteiger partial charge in [0.1, 0.15) is 0 Å². The van der Waals surface area contributed by atoms with Crippen molar-refractivity contribution in [3.05, 3.63) is 35.0 Å². The number of fused-ring (bicyclic) bond motifs is 1. The van der Waals surface area contributed by atoms with Gasteiger partial charge in [-0.2, -0.15) is 0 Å². The van der Waals surface area contributed by atoms with Crippen LogP contribution >= 0.6 is 11.6 Å². The summed E-state index contributed by atoms with van der Waals surface area (Å²) in [6.07, 6.45) is 1.98. The van der Waals surface area contributed by atoms with Crippen molar-refractivity contribution in [2.75, 3.05) is 0 Å². The Morgan fingerprint density at radius 2 is 1.95 bits per heavy atom. The smallest absolute Gasteiger partial charge is 0.0767 e. The van der Waals surface area contributed by atoms with Crippen LogP contribution in [0.4, 0.5) is 0 Å². The molecule has 0 aliphatic heterocycles. The molecule has 0 saturated heterocycles. The second-order valence-corrected chi connectivity index (χ2v) is 6.48. The Balaban J connectivity index is 2.19. The summed E-state index contributed by atoms with van der Waals surface area (Å²) in [6.45, 7) is 8.32. The van der Waals surface area contributed by atoms with Crippen molar-refractivity contribution in [3.63, 3.8) is 0 Å². The Morgan fingerprint density at radius 3 is 2.58 bits per heavy atom. The molecule has 2 rings (SSSR count). The van der Waals surface area contributed by atoms with Gasteiger partial charge in [0.2, 0.25) is 0 Å². The zero-order valence-corrected chi connectivity index (χ0v) is 12.6. The highest BCUT2D eigenvalue weighted by atomic mass is 35.5. The molecule has 4 heteroatoms. The second-order valence-electron chi connectivity index (χ2n) is 6.04. The molecule has 1 aromatic carbocycles. The molecule has 3 nitrogen and oxygen atoms in total. The number of H-pyrrole nitrogens is 1. The molecule has 1 aromatic heterocycles. The van der Waals surface area contributed by atoms with Gasteiger partial charge in [-0.3, -0.25) is 0 Å². The number of hydrogen-bond acceptors (Lipinski definition) is 2. The third-order valence-electron chi connectivity index (χ3n) is 3.98. The van der Waals surface area contributed by atoms with Crippen LogP contribution in [0.5, 0.6) is 0 Å². The van der Waals surface area contributed by atoms with E-state index in [-0.39, 0.29) is 5.54 Å². The Kier molecular flexibility index (Phi) is 3.65. The molecule has 0 fully saturated rings. The molecular formula is C15H21ClN2O. The zero-order valence-electron chi connectivity index (χ0n) is 11.8. The van der Waals surface area contributed by atoms with Crippen molar-refractivity contribution >= 4 is 22.5 Å². The van der Waals surface area contributed by atoms with E-state index < -0.39 is 5.60 Å². The van der Waals surface area contributed by atoms with Crippen molar-refractivity contribution in [1.82, 2.24) is 10.3 Å². The number of aromatic amines is 1. The van der Waals surface area contributed by atoms with Crippen molar-refractivity contribution < 1.29 is 5.11 Å². The minimum Gasteiger partial charge on any atom is -0.389 e. The lowest BCUT2D eigenvalue weighted by Gasteiger charge is -2.38. The van der Waals surface area contributed by atoms with Crippen molar-refractivity contribution in [2.45, 2.75) is 45.4 Å². The zero-order chi connectivity index (χ0) is 14.3. The highest BCUT2D eigenvalue weighted by molar-refractivity contribution is 6.31. The van der Waals surface area contributed by atoms with E-state index in [0.717, 1.165) is 15.9 Å². The van der Waals surface area contributed by atoms with Crippen LogP contribution in [0.25, 0.3) is 10.9 Å². The van der Waals surface area contributed by atoms with Gasteiger partial charge in [-0.1, -0.05) is 17.7 Å².